The monoisotopic (exact) mass is 348 g/mol. The molecule has 1 aliphatic heterocycles. The number of nitrogens with one attached hydrogen (secondary N) is 2. The first-order chi connectivity index (χ1) is 12.0. The maximum Gasteiger partial charge on any atom is 0.224 e. The second-order valence-corrected chi connectivity index (χ2v) is 6.36. The quantitative estimate of drug-likeness (QED) is 0.673. The number of fused-ring (bicyclic) bond motifs is 1. The first kappa shape index (κ1) is 19.1. The van der Waals surface area contributed by atoms with Crippen LogP contribution < -0.4 is 20.1 Å². The molecular weight excluding hydrogens is 320 g/mol. The Bertz CT molecular complexity index is 616. The van der Waals surface area contributed by atoms with Crippen LogP contribution in [-0.2, 0) is 16.0 Å². The second-order valence-electron chi connectivity index (χ2n) is 6.36. The van der Waals surface area contributed by atoms with Crippen molar-refractivity contribution in [2.24, 2.45) is 0 Å². The Hall–Kier alpha value is -2.24. The third-order valence-corrected chi connectivity index (χ3v) is 4.03. The number of benzene rings is 1. The lowest BCUT2D eigenvalue weighted by atomic mass is 10.1. The highest BCUT2D eigenvalue weighted by Gasteiger charge is 2.22. The van der Waals surface area contributed by atoms with Gasteiger partial charge in [0.15, 0.2) is 0 Å². The molecule has 0 aliphatic carbocycles. The highest BCUT2D eigenvalue weighted by atomic mass is 16.5. The van der Waals surface area contributed by atoms with Crippen LogP contribution in [0.25, 0.3) is 0 Å². The topological polar surface area (TPSA) is 76.7 Å². The molecule has 2 amide bonds. The lowest BCUT2D eigenvalue weighted by Crippen LogP contribution is -2.20. The van der Waals surface area contributed by atoms with Crippen molar-refractivity contribution < 1.29 is 19.1 Å². The van der Waals surface area contributed by atoms with Gasteiger partial charge >= 0.3 is 0 Å². The molecule has 1 unspecified atom stereocenters. The molecule has 0 spiro atoms. The molecule has 0 fully saturated rings. The average Bonchev–Trinajstić information content (AvgIpc) is 2.90. The van der Waals surface area contributed by atoms with E-state index in [0.717, 1.165) is 37.0 Å². The SMILES string of the molecule is CCOc1cc2c(cc1NC(=O)CCCCCNC(C)=O)OC(C)C2. The first-order valence-corrected chi connectivity index (χ1v) is 9.00. The number of hydrogen-bond acceptors (Lipinski definition) is 4. The van der Waals surface area contributed by atoms with Gasteiger partial charge in [0.1, 0.15) is 17.6 Å². The highest BCUT2D eigenvalue weighted by Crippen LogP contribution is 2.38. The summed E-state index contributed by atoms with van der Waals surface area (Å²) in [4.78, 5) is 23.0. The number of amides is 2. The predicted molar refractivity (Wildman–Crippen MR) is 97.2 cm³/mol. The van der Waals surface area contributed by atoms with Crippen LogP contribution >= 0.6 is 0 Å². The van der Waals surface area contributed by atoms with Crippen LogP contribution in [0.2, 0.25) is 0 Å². The van der Waals surface area contributed by atoms with Crippen molar-refractivity contribution in [3.8, 4) is 11.5 Å². The molecule has 0 aromatic heterocycles. The van der Waals surface area contributed by atoms with Crippen molar-refractivity contribution in [2.75, 3.05) is 18.5 Å². The maximum atomic E-state index is 12.2. The van der Waals surface area contributed by atoms with Crippen LogP contribution in [0.4, 0.5) is 5.69 Å². The number of carbonyl (C=O) groups excluding carboxylic acids is 2. The lowest BCUT2D eigenvalue weighted by molar-refractivity contribution is -0.119. The highest BCUT2D eigenvalue weighted by molar-refractivity contribution is 5.92. The van der Waals surface area contributed by atoms with Gasteiger partial charge in [0.05, 0.1) is 12.3 Å². The number of carbonyl (C=O) groups is 2. The summed E-state index contributed by atoms with van der Waals surface area (Å²) in [6, 6.07) is 3.82. The van der Waals surface area contributed by atoms with Gasteiger partial charge in [-0.3, -0.25) is 9.59 Å². The van der Waals surface area contributed by atoms with E-state index in [1.807, 2.05) is 26.0 Å². The number of anilines is 1. The van der Waals surface area contributed by atoms with Crippen molar-refractivity contribution in [3.05, 3.63) is 17.7 Å². The van der Waals surface area contributed by atoms with Gasteiger partial charge in [0.25, 0.3) is 0 Å². The molecule has 0 radical (unpaired) electrons. The zero-order valence-corrected chi connectivity index (χ0v) is 15.3. The Morgan fingerprint density at radius 1 is 1.28 bits per heavy atom. The van der Waals surface area contributed by atoms with Crippen molar-refractivity contribution in [2.45, 2.75) is 59.0 Å². The zero-order valence-electron chi connectivity index (χ0n) is 15.3. The molecule has 1 aliphatic rings. The molecule has 2 rings (SSSR count). The van der Waals surface area contributed by atoms with E-state index in [-0.39, 0.29) is 17.9 Å². The molecule has 2 N–H and O–H groups in total. The summed E-state index contributed by atoms with van der Waals surface area (Å²) in [5, 5.41) is 5.69. The van der Waals surface area contributed by atoms with E-state index >= 15 is 0 Å². The van der Waals surface area contributed by atoms with Gasteiger partial charge in [-0.25, -0.2) is 0 Å². The fraction of sp³-hybridized carbons (Fsp3) is 0.579. The van der Waals surface area contributed by atoms with Gasteiger partial charge in [-0.2, -0.15) is 0 Å². The summed E-state index contributed by atoms with van der Waals surface area (Å²) >= 11 is 0. The van der Waals surface area contributed by atoms with Gasteiger partial charge in [-0.15, -0.1) is 0 Å². The predicted octanol–water partition coefficient (Wildman–Crippen LogP) is 3.04. The molecule has 0 bridgehead atoms. The molecule has 1 aromatic carbocycles. The van der Waals surface area contributed by atoms with Crippen molar-refractivity contribution in [1.29, 1.82) is 0 Å². The fourth-order valence-electron chi connectivity index (χ4n) is 2.88. The number of ether oxygens (including phenoxy) is 2. The molecular formula is C19H28N2O4. The lowest BCUT2D eigenvalue weighted by Gasteiger charge is -2.13. The molecule has 0 saturated heterocycles. The van der Waals surface area contributed by atoms with E-state index in [4.69, 9.17) is 9.47 Å². The van der Waals surface area contributed by atoms with Crippen LogP contribution in [0.15, 0.2) is 12.1 Å². The van der Waals surface area contributed by atoms with Gasteiger partial charge in [0.2, 0.25) is 11.8 Å². The minimum Gasteiger partial charge on any atom is -0.492 e. The minimum atomic E-state index is -0.0357. The van der Waals surface area contributed by atoms with E-state index in [2.05, 4.69) is 10.6 Å². The standard InChI is InChI=1S/C19H28N2O4/c1-4-24-18-11-15-10-13(2)25-17(15)12-16(18)21-19(23)8-6-5-7-9-20-14(3)22/h11-13H,4-10H2,1-3H3,(H,20,22)(H,21,23). The third kappa shape index (κ3) is 5.96. The Labute approximate surface area is 149 Å². The molecule has 1 aromatic rings. The number of hydrogen-bond donors (Lipinski definition) is 2. The first-order valence-electron chi connectivity index (χ1n) is 9.00. The second kappa shape index (κ2) is 9.30. The molecule has 6 nitrogen and oxygen atoms in total. The summed E-state index contributed by atoms with van der Waals surface area (Å²) in [5.41, 5.74) is 1.78. The van der Waals surface area contributed by atoms with Crippen molar-refractivity contribution >= 4 is 17.5 Å². The smallest absolute Gasteiger partial charge is 0.224 e. The Kier molecular flexibility index (Phi) is 7.10. The van der Waals surface area contributed by atoms with Gasteiger partial charge < -0.3 is 20.1 Å². The van der Waals surface area contributed by atoms with Crippen LogP contribution in [0.5, 0.6) is 11.5 Å². The molecule has 25 heavy (non-hydrogen) atoms. The van der Waals surface area contributed by atoms with E-state index in [0.29, 0.717) is 31.0 Å². The van der Waals surface area contributed by atoms with E-state index in [9.17, 15) is 9.59 Å². The van der Waals surface area contributed by atoms with E-state index in [1.54, 1.807) is 0 Å². The largest absolute Gasteiger partial charge is 0.492 e. The van der Waals surface area contributed by atoms with Crippen LogP contribution in [0.1, 0.15) is 52.0 Å². The van der Waals surface area contributed by atoms with Gasteiger partial charge in [-0.05, 0) is 32.8 Å². The van der Waals surface area contributed by atoms with E-state index < -0.39 is 0 Å². The number of unbranched alkanes of at least 4 members (excludes halogenated alkanes) is 2. The summed E-state index contributed by atoms with van der Waals surface area (Å²) in [7, 11) is 0. The summed E-state index contributed by atoms with van der Waals surface area (Å²) in [5.74, 6) is 1.46. The van der Waals surface area contributed by atoms with Crippen LogP contribution in [-0.4, -0.2) is 31.1 Å². The third-order valence-electron chi connectivity index (χ3n) is 4.03. The molecule has 138 valence electrons. The molecule has 0 saturated carbocycles. The Balaban J connectivity index is 1.85. The normalized spacial score (nSPS) is 15.2. The van der Waals surface area contributed by atoms with Crippen molar-refractivity contribution in [1.82, 2.24) is 5.32 Å². The summed E-state index contributed by atoms with van der Waals surface area (Å²) in [6.45, 7) is 6.66. The summed E-state index contributed by atoms with van der Waals surface area (Å²) in [6.07, 6.45) is 4.02. The van der Waals surface area contributed by atoms with Gasteiger partial charge in [0, 0.05) is 37.9 Å². The molecule has 1 atom stereocenters. The summed E-state index contributed by atoms with van der Waals surface area (Å²) < 4.78 is 11.4. The zero-order chi connectivity index (χ0) is 18.2. The molecule has 6 heteroatoms. The van der Waals surface area contributed by atoms with Crippen molar-refractivity contribution in [3.63, 3.8) is 0 Å². The van der Waals surface area contributed by atoms with Gasteiger partial charge in [-0.1, -0.05) is 6.42 Å². The van der Waals surface area contributed by atoms with Crippen LogP contribution in [0.3, 0.4) is 0 Å². The average molecular weight is 348 g/mol. The Morgan fingerprint density at radius 2 is 2.08 bits per heavy atom. The van der Waals surface area contributed by atoms with Crippen LogP contribution in [0, 0.1) is 0 Å². The van der Waals surface area contributed by atoms with E-state index in [1.165, 1.54) is 6.92 Å². The fourth-order valence-corrected chi connectivity index (χ4v) is 2.88. The molecule has 1 heterocycles. The number of rotatable bonds is 9. The Morgan fingerprint density at radius 3 is 2.80 bits per heavy atom. The minimum absolute atomic E-state index is 0.0191. The maximum absolute atomic E-state index is 12.2.